The topological polar surface area (TPSA) is 90.1 Å². The predicted molar refractivity (Wildman–Crippen MR) is 88.9 cm³/mol. The molecule has 23 heavy (non-hydrogen) atoms. The van der Waals surface area contributed by atoms with Crippen LogP contribution < -0.4 is 11.1 Å². The van der Waals surface area contributed by atoms with Gasteiger partial charge in [0.05, 0.1) is 17.8 Å². The van der Waals surface area contributed by atoms with E-state index in [9.17, 15) is 4.79 Å². The lowest BCUT2D eigenvalue weighted by atomic mass is 10.2. The number of carbonyl (C=O) groups is 1. The molecule has 0 bridgehead atoms. The first-order valence-corrected chi connectivity index (χ1v) is 8.57. The van der Waals surface area contributed by atoms with Crippen LogP contribution in [0.1, 0.15) is 30.8 Å². The van der Waals surface area contributed by atoms with E-state index in [4.69, 9.17) is 10.5 Å². The minimum Gasteiger partial charge on any atom is -0.364 e. The van der Waals surface area contributed by atoms with E-state index in [0.29, 0.717) is 6.54 Å². The van der Waals surface area contributed by atoms with E-state index in [1.165, 1.54) is 11.3 Å². The Bertz CT molecular complexity index is 661. The van der Waals surface area contributed by atoms with E-state index in [2.05, 4.69) is 15.3 Å². The van der Waals surface area contributed by atoms with Crippen LogP contribution in [0.25, 0.3) is 11.3 Å². The summed E-state index contributed by atoms with van der Waals surface area (Å²) in [6.07, 6.45) is 4.65. The molecule has 0 aromatic carbocycles. The largest absolute Gasteiger partial charge is 0.364 e. The number of ether oxygens (including phenoxy) is 1. The molecule has 2 aromatic rings. The number of aromatic nitrogens is 2. The molecular weight excluding hydrogens is 312 g/mol. The van der Waals surface area contributed by atoms with Gasteiger partial charge in [0.25, 0.3) is 0 Å². The van der Waals surface area contributed by atoms with Crippen molar-refractivity contribution in [3.8, 4) is 11.3 Å². The van der Waals surface area contributed by atoms with E-state index in [1.807, 2.05) is 24.4 Å². The van der Waals surface area contributed by atoms with E-state index >= 15 is 0 Å². The van der Waals surface area contributed by atoms with E-state index in [0.717, 1.165) is 29.1 Å². The van der Waals surface area contributed by atoms with Gasteiger partial charge in [0.1, 0.15) is 11.1 Å². The maximum absolute atomic E-state index is 12.3. The molecule has 7 heteroatoms. The zero-order chi connectivity index (χ0) is 16.2. The molecule has 0 aliphatic carbocycles. The highest BCUT2D eigenvalue weighted by Crippen LogP contribution is 2.26. The molecule has 0 spiro atoms. The van der Waals surface area contributed by atoms with Gasteiger partial charge in [-0.25, -0.2) is 4.98 Å². The molecule has 3 atom stereocenters. The number of pyridine rings is 1. The minimum atomic E-state index is -0.398. The van der Waals surface area contributed by atoms with Gasteiger partial charge in [-0.15, -0.1) is 11.3 Å². The highest BCUT2D eigenvalue weighted by molar-refractivity contribution is 7.10. The summed E-state index contributed by atoms with van der Waals surface area (Å²) in [5, 5.41) is 5.84. The van der Waals surface area contributed by atoms with Gasteiger partial charge in [0, 0.05) is 29.9 Å². The third kappa shape index (κ3) is 3.74. The molecular formula is C16H20N4O2S. The molecule has 1 amide bonds. The number of carbonyl (C=O) groups excluding carboxylic acids is 1. The number of amides is 1. The van der Waals surface area contributed by atoms with Crippen molar-refractivity contribution in [3.05, 3.63) is 34.9 Å². The predicted octanol–water partition coefficient (Wildman–Crippen LogP) is 1.89. The van der Waals surface area contributed by atoms with E-state index in [1.54, 1.807) is 12.4 Å². The lowest BCUT2D eigenvalue weighted by molar-refractivity contribution is -0.132. The monoisotopic (exact) mass is 332 g/mol. The highest BCUT2D eigenvalue weighted by Gasteiger charge is 2.30. The van der Waals surface area contributed by atoms with Crippen LogP contribution in [0.2, 0.25) is 0 Å². The molecule has 3 N–H and O–H groups in total. The number of hydrogen-bond acceptors (Lipinski definition) is 6. The first-order valence-electron chi connectivity index (χ1n) is 7.69. The summed E-state index contributed by atoms with van der Waals surface area (Å²) in [5.41, 5.74) is 7.49. The minimum absolute atomic E-state index is 0.000730. The molecule has 0 radical (unpaired) electrons. The van der Waals surface area contributed by atoms with Crippen LogP contribution in [0.5, 0.6) is 0 Å². The van der Waals surface area contributed by atoms with Crippen LogP contribution in [-0.2, 0) is 9.53 Å². The molecule has 3 heterocycles. The Balaban J connectivity index is 1.61. The van der Waals surface area contributed by atoms with Gasteiger partial charge in [0.15, 0.2) is 0 Å². The fraction of sp³-hybridized carbons (Fsp3) is 0.438. The second-order valence-corrected chi connectivity index (χ2v) is 6.49. The second-order valence-electron chi connectivity index (χ2n) is 5.60. The highest BCUT2D eigenvalue weighted by atomic mass is 32.1. The molecule has 122 valence electrons. The van der Waals surface area contributed by atoms with Gasteiger partial charge >= 0.3 is 0 Å². The van der Waals surface area contributed by atoms with Gasteiger partial charge in [-0.05, 0) is 31.9 Å². The van der Waals surface area contributed by atoms with Gasteiger partial charge in [0.2, 0.25) is 5.91 Å². The number of nitrogens with two attached hydrogens (primary N) is 1. The molecule has 1 saturated heterocycles. The van der Waals surface area contributed by atoms with Crippen molar-refractivity contribution >= 4 is 17.2 Å². The Labute approximate surface area is 139 Å². The SMILES string of the molecule is CC(NC(=O)[C@@H]1CC[C@H](CN)O1)c1nc(-c2ccncc2)cs1. The third-order valence-corrected chi connectivity index (χ3v) is 4.92. The summed E-state index contributed by atoms with van der Waals surface area (Å²) < 4.78 is 5.62. The van der Waals surface area contributed by atoms with Crippen LogP contribution in [-0.4, -0.2) is 34.6 Å². The zero-order valence-corrected chi connectivity index (χ0v) is 13.8. The molecule has 1 aliphatic heterocycles. The maximum atomic E-state index is 12.3. The standard InChI is InChI=1S/C16H20N4O2S/c1-10(19-15(21)14-3-2-12(8-17)22-14)16-20-13(9-23-16)11-4-6-18-7-5-11/h4-7,9-10,12,14H,2-3,8,17H2,1H3,(H,19,21)/t10?,12-,14+/m1/s1. The third-order valence-electron chi connectivity index (χ3n) is 3.89. The summed E-state index contributed by atoms with van der Waals surface area (Å²) in [6.45, 7) is 2.39. The number of rotatable bonds is 5. The van der Waals surface area contributed by atoms with Crippen molar-refractivity contribution in [1.82, 2.24) is 15.3 Å². The summed E-state index contributed by atoms with van der Waals surface area (Å²) in [5.74, 6) is -0.0888. The van der Waals surface area contributed by atoms with Crippen LogP contribution in [0.15, 0.2) is 29.9 Å². The van der Waals surface area contributed by atoms with Crippen molar-refractivity contribution in [3.63, 3.8) is 0 Å². The first kappa shape index (κ1) is 16.0. The van der Waals surface area contributed by atoms with E-state index < -0.39 is 6.10 Å². The smallest absolute Gasteiger partial charge is 0.249 e. The Morgan fingerprint density at radius 2 is 2.26 bits per heavy atom. The van der Waals surface area contributed by atoms with Gasteiger partial charge in [-0.2, -0.15) is 0 Å². The molecule has 1 fully saturated rings. The second kappa shape index (κ2) is 7.16. The Kier molecular flexibility index (Phi) is 5.00. The molecule has 0 saturated carbocycles. The van der Waals surface area contributed by atoms with Gasteiger partial charge in [-0.1, -0.05) is 0 Å². The van der Waals surface area contributed by atoms with Gasteiger partial charge < -0.3 is 15.8 Å². The van der Waals surface area contributed by atoms with Crippen LogP contribution in [0.3, 0.4) is 0 Å². The lowest BCUT2D eigenvalue weighted by Gasteiger charge is -2.16. The molecule has 1 aliphatic rings. The van der Waals surface area contributed by atoms with E-state index in [-0.39, 0.29) is 18.1 Å². The Morgan fingerprint density at radius 1 is 1.48 bits per heavy atom. The van der Waals surface area contributed by atoms with Crippen LogP contribution in [0, 0.1) is 0 Å². The van der Waals surface area contributed by atoms with Crippen LogP contribution >= 0.6 is 11.3 Å². The average molecular weight is 332 g/mol. The van der Waals surface area contributed by atoms with Crippen molar-refractivity contribution in [2.45, 2.75) is 38.0 Å². The summed E-state index contributed by atoms with van der Waals surface area (Å²) in [4.78, 5) is 20.9. The maximum Gasteiger partial charge on any atom is 0.249 e. The zero-order valence-electron chi connectivity index (χ0n) is 12.9. The summed E-state index contributed by atoms with van der Waals surface area (Å²) >= 11 is 1.54. The average Bonchev–Trinajstić information content (AvgIpc) is 3.25. The summed E-state index contributed by atoms with van der Waals surface area (Å²) in [7, 11) is 0. The number of nitrogens with one attached hydrogen (secondary N) is 1. The van der Waals surface area contributed by atoms with Crippen molar-refractivity contribution < 1.29 is 9.53 Å². The summed E-state index contributed by atoms with van der Waals surface area (Å²) in [6, 6.07) is 3.69. The van der Waals surface area contributed by atoms with Crippen molar-refractivity contribution in [2.75, 3.05) is 6.54 Å². The molecule has 1 unspecified atom stereocenters. The Hall–Kier alpha value is -1.83. The van der Waals surface area contributed by atoms with Gasteiger partial charge in [-0.3, -0.25) is 9.78 Å². The lowest BCUT2D eigenvalue weighted by Crippen LogP contribution is -2.36. The Morgan fingerprint density at radius 3 is 2.96 bits per heavy atom. The quantitative estimate of drug-likeness (QED) is 0.872. The fourth-order valence-electron chi connectivity index (χ4n) is 2.58. The van der Waals surface area contributed by atoms with Crippen LogP contribution in [0.4, 0.5) is 0 Å². The molecule has 3 rings (SSSR count). The first-order chi connectivity index (χ1) is 11.2. The number of nitrogens with zero attached hydrogens (tertiary/aromatic N) is 2. The van der Waals surface area contributed by atoms with Crippen molar-refractivity contribution in [1.29, 1.82) is 0 Å². The normalized spacial score (nSPS) is 22.0. The molecule has 2 aromatic heterocycles. The number of thiazole rings is 1. The fourth-order valence-corrected chi connectivity index (χ4v) is 3.42. The van der Waals surface area contributed by atoms with Crippen molar-refractivity contribution in [2.24, 2.45) is 5.73 Å². The number of hydrogen-bond donors (Lipinski definition) is 2. The molecule has 6 nitrogen and oxygen atoms in total.